The smallest absolute Gasteiger partial charge is 0.475 e. The van der Waals surface area contributed by atoms with Gasteiger partial charge in [0.2, 0.25) is 11.8 Å². The van der Waals surface area contributed by atoms with Gasteiger partial charge >= 0.3 is 12.1 Å². The molecule has 0 bridgehead atoms. The molecule has 1 aliphatic carbocycles. The maximum Gasteiger partial charge on any atom is 0.490 e. The first kappa shape index (κ1) is 23.4. The normalized spacial score (nSPS) is 25.6. The zero-order valence-electron chi connectivity index (χ0n) is 16.7. The van der Waals surface area contributed by atoms with Crippen molar-refractivity contribution >= 4 is 17.8 Å². The fourth-order valence-corrected chi connectivity index (χ4v) is 4.46. The number of likely N-dealkylation sites (tertiary alicyclic amines) is 2. The van der Waals surface area contributed by atoms with E-state index < -0.39 is 12.1 Å². The molecule has 2 atom stereocenters. The Morgan fingerprint density at radius 2 is 1.59 bits per heavy atom. The van der Waals surface area contributed by atoms with Gasteiger partial charge in [-0.25, -0.2) is 4.79 Å². The van der Waals surface area contributed by atoms with Crippen LogP contribution in [0.25, 0.3) is 0 Å². The van der Waals surface area contributed by atoms with E-state index in [4.69, 9.17) is 9.90 Å². The number of likely N-dealkylation sites (N-methyl/N-ethyl adjacent to an activating group) is 1. The third kappa shape index (κ3) is 6.87. The summed E-state index contributed by atoms with van der Waals surface area (Å²) in [5, 5.41) is 9.82. The van der Waals surface area contributed by atoms with Gasteiger partial charge in [0, 0.05) is 32.6 Å². The van der Waals surface area contributed by atoms with Gasteiger partial charge in [-0.2, -0.15) is 13.2 Å². The van der Waals surface area contributed by atoms with E-state index in [0.29, 0.717) is 24.3 Å². The second-order valence-corrected chi connectivity index (χ2v) is 8.10. The van der Waals surface area contributed by atoms with E-state index >= 15 is 0 Å². The first-order chi connectivity index (χ1) is 13.6. The molecule has 10 heteroatoms. The molecule has 3 fully saturated rings. The Morgan fingerprint density at radius 3 is 2.14 bits per heavy atom. The number of fused-ring (bicyclic) bond motifs is 1. The fraction of sp³-hybridized carbons (Fsp3) is 0.842. The molecular weight excluding hydrogens is 391 g/mol. The molecule has 7 nitrogen and oxygen atoms in total. The van der Waals surface area contributed by atoms with Crippen molar-refractivity contribution in [1.82, 2.24) is 15.1 Å². The Morgan fingerprint density at radius 1 is 1.00 bits per heavy atom. The second kappa shape index (κ2) is 10.3. The zero-order valence-corrected chi connectivity index (χ0v) is 16.7. The number of carbonyl (C=O) groups excluding carboxylic acids is 2. The van der Waals surface area contributed by atoms with Crippen molar-refractivity contribution in [3.8, 4) is 0 Å². The van der Waals surface area contributed by atoms with Gasteiger partial charge in [0.25, 0.3) is 0 Å². The Labute approximate surface area is 168 Å². The van der Waals surface area contributed by atoms with Crippen LogP contribution in [0.2, 0.25) is 0 Å². The second-order valence-electron chi connectivity index (χ2n) is 8.10. The van der Waals surface area contributed by atoms with Crippen molar-refractivity contribution in [1.29, 1.82) is 0 Å². The molecule has 1 saturated carbocycles. The summed E-state index contributed by atoms with van der Waals surface area (Å²) in [6.45, 7) is 4.31. The van der Waals surface area contributed by atoms with Gasteiger partial charge in [-0.1, -0.05) is 19.3 Å². The van der Waals surface area contributed by atoms with Crippen LogP contribution in [0.3, 0.4) is 0 Å². The van der Waals surface area contributed by atoms with Crippen molar-refractivity contribution in [2.45, 2.75) is 44.7 Å². The molecule has 2 heterocycles. The molecule has 2 amide bonds. The number of amides is 2. The summed E-state index contributed by atoms with van der Waals surface area (Å²) >= 11 is 0. The number of hydrogen-bond donors (Lipinski definition) is 2. The van der Waals surface area contributed by atoms with Crippen LogP contribution >= 0.6 is 0 Å². The minimum absolute atomic E-state index is 0.0894. The Bertz CT molecular complexity index is 594. The molecule has 2 N–H and O–H groups in total. The third-order valence-corrected chi connectivity index (χ3v) is 6.04. The van der Waals surface area contributed by atoms with E-state index in [1.165, 1.54) is 19.3 Å². The zero-order chi connectivity index (χ0) is 21.6. The van der Waals surface area contributed by atoms with Gasteiger partial charge in [0.1, 0.15) is 0 Å². The van der Waals surface area contributed by atoms with Crippen molar-refractivity contribution in [3.05, 3.63) is 0 Å². The van der Waals surface area contributed by atoms with Crippen LogP contribution < -0.4 is 5.32 Å². The average Bonchev–Trinajstić information content (AvgIpc) is 3.11. The number of nitrogens with zero attached hydrogens (tertiary/aromatic N) is 2. The van der Waals surface area contributed by atoms with Gasteiger partial charge in [0.05, 0.1) is 6.54 Å². The van der Waals surface area contributed by atoms with Crippen LogP contribution in [0.5, 0.6) is 0 Å². The van der Waals surface area contributed by atoms with Crippen molar-refractivity contribution in [2.24, 2.45) is 17.8 Å². The summed E-state index contributed by atoms with van der Waals surface area (Å²) in [5.74, 6) is -0.763. The topological polar surface area (TPSA) is 90.0 Å². The quantitative estimate of drug-likeness (QED) is 0.724. The minimum atomic E-state index is -5.08. The number of hydrogen-bond acceptors (Lipinski definition) is 4. The summed E-state index contributed by atoms with van der Waals surface area (Å²) in [6.07, 6.45) is 1.95. The van der Waals surface area contributed by atoms with Gasteiger partial charge < -0.3 is 15.3 Å². The van der Waals surface area contributed by atoms with E-state index in [9.17, 15) is 22.8 Å². The molecule has 3 aliphatic rings. The molecule has 2 aliphatic heterocycles. The van der Waals surface area contributed by atoms with E-state index in [0.717, 1.165) is 45.4 Å². The molecule has 0 unspecified atom stereocenters. The highest BCUT2D eigenvalue weighted by atomic mass is 19.4. The van der Waals surface area contributed by atoms with Crippen LogP contribution in [0, 0.1) is 17.8 Å². The molecule has 0 aromatic heterocycles. The van der Waals surface area contributed by atoms with Crippen molar-refractivity contribution in [3.63, 3.8) is 0 Å². The predicted octanol–water partition coefficient (Wildman–Crippen LogP) is 1.73. The predicted molar refractivity (Wildman–Crippen MR) is 98.9 cm³/mol. The summed E-state index contributed by atoms with van der Waals surface area (Å²) < 4.78 is 31.7. The first-order valence-corrected chi connectivity index (χ1v) is 10.1. The largest absolute Gasteiger partial charge is 0.490 e. The van der Waals surface area contributed by atoms with Gasteiger partial charge in [-0.15, -0.1) is 0 Å². The maximum absolute atomic E-state index is 12.7. The van der Waals surface area contributed by atoms with Crippen LogP contribution in [-0.4, -0.2) is 78.6 Å². The number of halogens is 3. The summed E-state index contributed by atoms with van der Waals surface area (Å²) in [6, 6.07) is 0. The maximum atomic E-state index is 12.7. The van der Waals surface area contributed by atoms with E-state index in [-0.39, 0.29) is 11.8 Å². The van der Waals surface area contributed by atoms with Crippen molar-refractivity contribution < 1.29 is 32.7 Å². The van der Waals surface area contributed by atoms with E-state index in [1.807, 2.05) is 0 Å². The Balaban J connectivity index is 0.000000370. The van der Waals surface area contributed by atoms with Crippen LogP contribution in [-0.2, 0) is 14.4 Å². The molecule has 0 aromatic rings. The molecular formula is C19H30F3N3O4. The van der Waals surface area contributed by atoms with Crippen molar-refractivity contribution in [2.75, 3.05) is 39.8 Å². The first-order valence-electron chi connectivity index (χ1n) is 10.1. The third-order valence-electron chi connectivity index (χ3n) is 6.04. The molecule has 0 aromatic carbocycles. The monoisotopic (exact) mass is 421 g/mol. The lowest BCUT2D eigenvalue weighted by atomic mass is 9.88. The molecule has 29 heavy (non-hydrogen) atoms. The van der Waals surface area contributed by atoms with Crippen LogP contribution in [0.4, 0.5) is 13.2 Å². The van der Waals surface area contributed by atoms with E-state index in [1.54, 1.807) is 7.05 Å². The Kier molecular flexibility index (Phi) is 8.30. The lowest BCUT2D eigenvalue weighted by Gasteiger charge is -2.33. The number of piperidine rings is 1. The lowest BCUT2D eigenvalue weighted by molar-refractivity contribution is -0.192. The van der Waals surface area contributed by atoms with E-state index in [2.05, 4.69) is 15.1 Å². The number of rotatable bonds is 3. The molecule has 2 saturated heterocycles. The number of carboxylic acid groups (broad SMARTS) is 1. The van der Waals surface area contributed by atoms with Crippen LogP contribution in [0.15, 0.2) is 0 Å². The number of alkyl halides is 3. The number of carbonyl (C=O) groups is 3. The van der Waals surface area contributed by atoms with Gasteiger partial charge in [0.15, 0.2) is 0 Å². The number of nitrogens with one attached hydrogen (secondary N) is 1. The van der Waals surface area contributed by atoms with Crippen LogP contribution in [0.1, 0.15) is 38.5 Å². The highest BCUT2D eigenvalue weighted by Gasteiger charge is 2.40. The molecule has 166 valence electrons. The van der Waals surface area contributed by atoms with Gasteiger partial charge in [-0.05, 0) is 37.6 Å². The molecule has 0 spiro atoms. The minimum Gasteiger partial charge on any atom is -0.475 e. The highest BCUT2D eigenvalue weighted by Crippen LogP contribution is 2.34. The summed E-state index contributed by atoms with van der Waals surface area (Å²) in [5.41, 5.74) is 0. The SMILES string of the molecule is CNC(=O)CN1CC[C@H]2CN(C(=O)C3CCCCC3)C[C@H]2C1.O=C(O)C(F)(F)F. The molecule has 3 rings (SSSR count). The standard InChI is InChI=1S/C17H29N3O2.C2HF3O2/c1-18-16(21)12-19-8-7-14-10-20(11-15(14)9-19)17(22)13-5-3-2-4-6-13;3-2(4,5)1(6)7/h13-15H,2-12H2,1H3,(H,18,21);(H,6,7)/t14-,15+;/m0./s1. The lowest BCUT2D eigenvalue weighted by Crippen LogP contribution is -2.44. The molecule has 0 radical (unpaired) electrons. The summed E-state index contributed by atoms with van der Waals surface area (Å²) in [4.78, 5) is 37.5. The Hall–Kier alpha value is -1.84. The number of aliphatic carboxylic acids is 1. The summed E-state index contributed by atoms with van der Waals surface area (Å²) in [7, 11) is 1.69. The average molecular weight is 421 g/mol. The fourth-order valence-electron chi connectivity index (χ4n) is 4.46. The number of carboxylic acids is 1. The highest BCUT2D eigenvalue weighted by molar-refractivity contribution is 5.79. The van der Waals surface area contributed by atoms with Gasteiger partial charge in [-0.3, -0.25) is 14.5 Å².